The van der Waals surface area contributed by atoms with Crippen LogP contribution in [0.1, 0.15) is 38.3 Å². The van der Waals surface area contributed by atoms with Gasteiger partial charge in [0, 0.05) is 18.7 Å². The van der Waals surface area contributed by atoms with Crippen molar-refractivity contribution in [1.29, 1.82) is 0 Å². The molecule has 1 saturated heterocycles. The predicted molar refractivity (Wildman–Crippen MR) is 59.9 cm³/mol. The van der Waals surface area contributed by atoms with Crippen LogP contribution in [-0.2, 0) is 4.79 Å². The van der Waals surface area contributed by atoms with Crippen LogP contribution in [0.5, 0.6) is 0 Å². The van der Waals surface area contributed by atoms with Crippen LogP contribution in [0.25, 0.3) is 0 Å². The van der Waals surface area contributed by atoms with Gasteiger partial charge in [-0.05, 0) is 24.5 Å². The normalized spacial score (nSPS) is 16.5. The highest BCUT2D eigenvalue weighted by atomic mass is 16.2. The summed E-state index contributed by atoms with van der Waals surface area (Å²) in [5.41, 5.74) is 1.05. The van der Waals surface area contributed by atoms with Gasteiger partial charge in [0.2, 0.25) is 5.91 Å². The molecule has 0 aliphatic carbocycles. The SMILES string of the molecule is CC(C)c1cccc(N2CCCC2=O)n1. The van der Waals surface area contributed by atoms with Crippen molar-refractivity contribution in [1.82, 2.24) is 4.98 Å². The summed E-state index contributed by atoms with van der Waals surface area (Å²) in [6.07, 6.45) is 1.61. The van der Waals surface area contributed by atoms with Crippen LogP contribution in [0.15, 0.2) is 18.2 Å². The summed E-state index contributed by atoms with van der Waals surface area (Å²) < 4.78 is 0. The molecule has 1 fully saturated rings. The molecule has 1 aromatic rings. The smallest absolute Gasteiger partial charge is 0.228 e. The Morgan fingerprint density at radius 2 is 2.20 bits per heavy atom. The number of amides is 1. The van der Waals surface area contributed by atoms with E-state index in [0.29, 0.717) is 12.3 Å². The summed E-state index contributed by atoms with van der Waals surface area (Å²) >= 11 is 0. The summed E-state index contributed by atoms with van der Waals surface area (Å²) in [6.45, 7) is 5.03. The Bertz CT molecular complexity index is 374. The molecule has 0 bridgehead atoms. The molecule has 1 aromatic heterocycles. The standard InChI is InChI=1S/C12H16N2O/c1-9(2)10-5-3-6-11(13-10)14-8-4-7-12(14)15/h3,5-6,9H,4,7-8H2,1-2H3. The lowest BCUT2D eigenvalue weighted by molar-refractivity contribution is -0.117. The molecule has 0 N–H and O–H groups in total. The Balaban J connectivity index is 2.28. The summed E-state index contributed by atoms with van der Waals surface area (Å²) in [5.74, 6) is 1.41. The summed E-state index contributed by atoms with van der Waals surface area (Å²) in [6, 6.07) is 5.90. The number of pyridine rings is 1. The van der Waals surface area contributed by atoms with Gasteiger partial charge in [0.05, 0.1) is 0 Å². The topological polar surface area (TPSA) is 33.2 Å². The first-order valence-electron chi connectivity index (χ1n) is 5.46. The molecule has 3 nitrogen and oxygen atoms in total. The molecule has 0 radical (unpaired) electrons. The van der Waals surface area contributed by atoms with Crippen molar-refractivity contribution in [2.24, 2.45) is 0 Å². The molecule has 1 aliphatic rings. The fraction of sp³-hybridized carbons (Fsp3) is 0.500. The minimum absolute atomic E-state index is 0.198. The van der Waals surface area contributed by atoms with Crippen LogP contribution >= 0.6 is 0 Å². The van der Waals surface area contributed by atoms with Crippen molar-refractivity contribution in [3.05, 3.63) is 23.9 Å². The first-order valence-corrected chi connectivity index (χ1v) is 5.46. The molecule has 0 saturated carbocycles. The molecule has 0 atom stereocenters. The van der Waals surface area contributed by atoms with Gasteiger partial charge in [0.1, 0.15) is 5.82 Å². The van der Waals surface area contributed by atoms with Crippen molar-refractivity contribution < 1.29 is 4.79 Å². The molecular weight excluding hydrogens is 188 g/mol. The van der Waals surface area contributed by atoms with E-state index >= 15 is 0 Å². The molecule has 0 unspecified atom stereocenters. The average Bonchev–Trinajstić information content (AvgIpc) is 2.64. The van der Waals surface area contributed by atoms with Crippen LogP contribution in [0.3, 0.4) is 0 Å². The van der Waals surface area contributed by atoms with Gasteiger partial charge < -0.3 is 0 Å². The number of nitrogens with zero attached hydrogens (tertiary/aromatic N) is 2. The van der Waals surface area contributed by atoms with E-state index in [4.69, 9.17) is 0 Å². The Labute approximate surface area is 90.1 Å². The van der Waals surface area contributed by atoms with E-state index in [0.717, 1.165) is 24.5 Å². The number of carbonyl (C=O) groups excluding carboxylic acids is 1. The molecule has 0 spiro atoms. The third-order valence-electron chi connectivity index (χ3n) is 2.70. The maximum Gasteiger partial charge on any atom is 0.228 e. The minimum atomic E-state index is 0.198. The van der Waals surface area contributed by atoms with Gasteiger partial charge in [0.15, 0.2) is 0 Å². The van der Waals surface area contributed by atoms with Crippen molar-refractivity contribution in [2.45, 2.75) is 32.6 Å². The summed E-state index contributed by atoms with van der Waals surface area (Å²) in [4.78, 5) is 17.8. The van der Waals surface area contributed by atoms with Crippen LogP contribution in [0.2, 0.25) is 0 Å². The zero-order valence-corrected chi connectivity index (χ0v) is 9.23. The number of rotatable bonds is 2. The second-order valence-corrected chi connectivity index (χ2v) is 4.22. The molecule has 2 heterocycles. The molecule has 0 aromatic carbocycles. The van der Waals surface area contributed by atoms with Crippen molar-refractivity contribution >= 4 is 11.7 Å². The first kappa shape index (κ1) is 10.1. The van der Waals surface area contributed by atoms with Gasteiger partial charge >= 0.3 is 0 Å². The van der Waals surface area contributed by atoms with Crippen LogP contribution < -0.4 is 4.90 Å². The fourth-order valence-electron chi connectivity index (χ4n) is 1.80. The predicted octanol–water partition coefficient (Wildman–Crippen LogP) is 2.33. The summed E-state index contributed by atoms with van der Waals surface area (Å²) in [7, 11) is 0. The Morgan fingerprint density at radius 3 is 2.80 bits per heavy atom. The number of aromatic nitrogens is 1. The highest BCUT2D eigenvalue weighted by Crippen LogP contribution is 2.21. The molecule has 1 aliphatic heterocycles. The third-order valence-corrected chi connectivity index (χ3v) is 2.70. The quantitative estimate of drug-likeness (QED) is 0.740. The van der Waals surface area contributed by atoms with Gasteiger partial charge in [-0.15, -0.1) is 0 Å². The Morgan fingerprint density at radius 1 is 1.40 bits per heavy atom. The molecule has 3 heteroatoms. The lowest BCUT2D eigenvalue weighted by Crippen LogP contribution is -2.24. The average molecular weight is 204 g/mol. The van der Waals surface area contributed by atoms with Crippen molar-refractivity contribution in [3.8, 4) is 0 Å². The third kappa shape index (κ3) is 2.01. The first-order chi connectivity index (χ1) is 7.18. The number of carbonyl (C=O) groups is 1. The summed E-state index contributed by atoms with van der Waals surface area (Å²) in [5, 5.41) is 0. The largest absolute Gasteiger partial charge is 0.297 e. The van der Waals surface area contributed by atoms with Gasteiger partial charge in [-0.1, -0.05) is 19.9 Å². The van der Waals surface area contributed by atoms with E-state index in [-0.39, 0.29) is 5.91 Å². The number of anilines is 1. The highest BCUT2D eigenvalue weighted by molar-refractivity contribution is 5.94. The lowest BCUT2D eigenvalue weighted by atomic mass is 10.1. The maximum absolute atomic E-state index is 11.5. The monoisotopic (exact) mass is 204 g/mol. The zero-order valence-electron chi connectivity index (χ0n) is 9.23. The van der Waals surface area contributed by atoms with Gasteiger partial charge in [-0.3, -0.25) is 9.69 Å². The maximum atomic E-state index is 11.5. The Kier molecular flexibility index (Phi) is 2.71. The zero-order chi connectivity index (χ0) is 10.8. The number of hydrogen-bond donors (Lipinski definition) is 0. The second-order valence-electron chi connectivity index (χ2n) is 4.22. The minimum Gasteiger partial charge on any atom is -0.297 e. The van der Waals surface area contributed by atoms with Gasteiger partial charge in [-0.25, -0.2) is 4.98 Å². The van der Waals surface area contributed by atoms with E-state index < -0.39 is 0 Å². The van der Waals surface area contributed by atoms with E-state index in [9.17, 15) is 4.79 Å². The van der Waals surface area contributed by atoms with E-state index in [2.05, 4.69) is 18.8 Å². The highest BCUT2D eigenvalue weighted by Gasteiger charge is 2.22. The molecular formula is C12H16N2O. The van der Waals surface area contributed by atoms with Crippen molar-refractivity contribution in [2.75, 3.05) is 11.4 Å². The van der Waals surface area contributed by atoms with Crippen LogP contribution in [0, 0.1) is 0 Å². The van der Waals surface area contributed by atoms with Crippen LogP contribution in [0.4, 0.5) is 5.82 Å². The fourth-order valence-corrected chi connectivity index (χ4v) is 1.80. The van der Waals surface area contributed by atoms with Gasteiger partial charge in [-0.2, -0.15) is 0 Å². The Hall–Kier alpha value is -1.38. The molecule has 2 rings (SSSR count). The molecule has 80 valence electrons. The molecule has 1 amide bonds. The number of hydrogen-bond acceptors (Lipinski definition) is 2. The van der Waals surface area contributed by atoms with Gasteiger partial charge in [0.25, 0.3) is 0 Å². The van der Waals surface area contributed by atoms with E-state index in [1.807, 2.05) is 18.2 Å². The second kappa shape index (κ2) is 4.01. The van der Waals surface area contributed by atoms with Crippen LogP contribution in [-0.4, -0.2) is 17.4 Å². The van der Waals surface area contributed by atoms with E-state index in [1.165, 1.54) is 0 Å². The lowest BCUT2D eigenvalue weighted by Gasteiger charge is -2.16. The molecule has 15 heavy (non-hydrogen) atoms. The van der Waals surface area contributed by atoms with Crippen molar-refractivity contribution in [3.63, 3.8) is 0 Å². The van der Waals surface area contributed by atoms with E-state index in [1.54, 1.807) is 4.90 Å².